The molecule has 0 radical (unpaired) electrons. The molecule has 82 heavy (non-hydrogen) atoms. The van der Waals surface area contributed by atoms with E-state index in [1.165, 1.54) is 94.2 Å². The van der Waals surface area contributed by atoms with Crippen LogP contribution in [0.4, 0.5) is 0 Å². The van der Waals surface area contributed by atoms with Gasteiger partial charge in [-0.25, -0.2) is 15.0 Å². The molecule has 3 nitrogen and oxygen atoms in total. The lowest BCUT2D eigenvalue weighted by molar-refractivity contribution is 0.633. The lowest BCUT2D eigenvalue weighted by Crippen LogP contribution is -2.43. The summed E-state index contributed by atoms with van der Waals surface area (Å²) in [6.45, 7) is 0. The number of nitrogens with zero attached hydrogens (tertiary/aromatic N) is 3. The van der Waals surface area contributed by atoms with Gasteiger partial charge in [0.1, 0.15) is 0 Å². The molecular formula is C79H49N3. The van der Waals surface area contributed by atoms with Crippen LogP contribution in [0.2, 0.25) is 0 Å². The molecule has 1 heterocycles. The van der Waals surface area contributed by atoms with Crippen molar-refractivity contribution in [2.45, 2.75) is 10.8 Å². The minimum absolute atomic E-state index is 0.505. The third kappa shape index (κ3) is 6.50. The van der Waals surface area contributed by atoms with Crippen molar-refractivity contribution in [2.75, 3.05) is 0 Å². The van der Waals surface area contributed by atoms with Crippen LogP contribution in [-0.4, -0.2) is 15.0 Å². The molecule has 0 amide bonds. The quantitative estimate of drug-likeness (QED) is 0.156. The van der Waals surface area contributed by atoms with Crippen molar-refractivity contribution in [3.05, 3.63) is 342 Å². The Balaban J connectivity index is 0.903. The lowest BCUT2D eigenvalue weighted by Gasteiger charge is -2.48. The van der Waals surface area contributed by atoms with E-state index >= 15 is 0 Å². The molecule has 3 aliphatic rings. The predicted molar refractivity (Wildman–Crippen MR) is 336 cm³/mol. The van der Waals surface area contributed by atoms with E-state index < -0.39 is 10.8 Å². The molecule has 3 heteroatoms. The fourth-order valence-corrected chi connectivity index (χ4v) is 14.7. The fraction of sp³-hybridized carbons (Fsp3) is 0.0253. The second-order valence-corrected chi connectivity index (χ2v) is 22.0. The molecule has 0 unspecified atom stereocenters. The maximum atomic E-state index is 5.21. The molecule has 0 saturated carbocycles. The van der Waals surface area contributed by atoms with Gasteiger partial charge in [-0.1, -0.05) is 279 Å². The first-order chi connectivity index (χ1) is 40.7. The second-order valence-electron chi connectivity index (χ2n) is 22.0. The molecule has 0 aliphatic heterocycles. The molecule has 0 saturated heterocycles. The number of hydrogen-bond acceptors (Lipinski definition) is 3. The molecule has 17 rings (SSSR count). The molecule has 14 aromatic rings. The van der Waals surface area contributed by atoms with Crippen LogP contribution in [0.15, 0.2) is 297 Å². The zero-order valence-corrected chi connectivity index (χ0v) is 44.6. The number of aromatic nitrogens is 3. The maximum absolute atomic E-state index is 5.21. The van der Waals surface area contributed by atoms with Gasteiger partial charge in [0, 0.05) is 16.7 Å². The van der Waals surface area contributed by atoms with Gasteiger partial charge < -0.3 is 0 Å². The Bertz CT molecular complexity index is 4760. The van der Waals surface area contributed by atoms with Crippen molar-refractivity contribution in [1.82, 2.24) is 15.0 Å². The summed E-state index contributed by atoms with van der Waals surface area (Å²) in [4.78, 5) is 15.4. The molecule has 0 atom stereocenters. The zero-order valence-electron chi connectivity index (χ0n) is 44.6. The molecule has 0 bridgehead atoms. The molecule has 0 N–H and O–H groups in total. The standard InChI is InChI=1S/C79H49N3/c1-5-23-50(24-6-1)73-62-46-43-56(77-81-75(52-27-9-3-10-28-52)80-76(82-77)53-29-11-4-12-30-53)48-64(62)74(51-25-7-2-8-26-51)61-45-42-54(47-63(61)73)55-41-44-60-59-33-15-18-36-67(59)79(72(60)49-55)70-39-21-19-37-68(70)78(69-38-20-22-40-71(69)79)65-34-16-13-31-57(65)58-32-14-17-35-66(58)78/h1-49H. The van der Waals surface area contributed by atoms with Crippen molar-refractivity contribution >= 4 is 21.5 Å². The topological polar surface area (TPSA) is 38.7 Å². The third-order valence-electron chi connectivity index (χ3n) is 18.0. The molecule has 2 spiro atoms. The normalized spacial score (nSPS) is 13.6. The van der Waals surface area contributed by atoms with Gasteiger partial charge in [0.15, 0.2) is 17.5 Å². The minimum atomic E-state index is -0.602. The molecular weight excluding hydrogens is 991 g/mol. The monoisotopic (exact) mass is 1040 g/mol. The first-order valence-corrected chi connectivity index (χ1v) is 28.3. The number of fused-ring (bicyclic) bond motifs is 18. The van der Waals surface area contributed by atoms with Crippen molar-refractivity contribution in [3.63, 3.8) is 0 Å². The van der Waals surface area contributed by atoms with Gasteiger partial charge in [-0.3, -0.25) is 0 Å². The highest BCUT2D eigenvalue weighted by Gasteiger charge is 2.58. The number of benzene rings is 13. The van der Waals surface area contributed by atoms with Gasteiger partial charge in [0.2, 0.25) is 0 Å². The van der Waals surface area contributed by atoms with E-state index in [2.05, 4.69) is 261 Å². The summed E-state index contributed by atoms with van der Waals surface area (Å²) in [6.07, 6.45) is 0. The van der Waals surface area contributed by atoms with Crippen LogP contribution in [0.5, 0.6) is 0 Å². The highest BCUT2D eigenvalue weighted by atomic mass is 15.0. The van der Waals surface area contributed by atoms with E-state index in [0.717, 1.165) is 44.2 Å². The summed E-state index contributed by atoms with van der Waals surface area (Å²) in [7, 11) is 0. The molecule has 13 aromatic carbocycles. The second kappa shape index (κ2) is 18.0. The van der Waals surface area contributed by atoms with Crippen molar-refractivity contribution in [2.24, 2.45) is 0 Å². The Morgan fingerprint density at radius 2 is 0.476 bits per heavy atom. The Labute approximate surface area is 476 Å². The fourth-order valence-electron chi connectivity index (χ4n) is 14.7. The molecule has 1 aromatic heterocycles. The maximum Gasteiger partial charge on any atom is 0.164 e. The van der Waals surface area contributed by atoms with E-state index in [1.807, 2.05) is 36.4 Å². The van der Waals surface area contributed by atoms with Crippen LogP contribution >= 0.6 is 0 Å². The highest BCUT2D eigenvalue weighted by Crippen LogP contribution is 2.67. The number of hydrogen-bond donors (Lipinski definition) is 0. The van der Waals surface area contributed by atoms with E-state index in [1.54, 1.807) is 0 Å². The zero-order chi connectivity index (χ0) is 53.9. The highest BCUT2D eigenvalue weighted by molar-refractivity contribution is 6.22. The van der Waals surface area contributed by atoms with Crippen LogP contribution in [0.1, 0.15) is 44.5 Å². The Morgan fingerprint density at radius 3 is 0.902 bits per heavy atom. The van der Waals surface area contributed by atoms with Crippen LogP contribution in [0.25, 0.3) is 111 Å². The van der Waals surface area contributed by atoms with E-state index in [9.17, 15) is 0 Å². The van der Waals surface area contributed by atoms with E-state index in [-0.39, 0.29) is 0 Å². The smallest absolute Gasteiger partial charge is 0.164 e. The summed E-state index contributed by atoms with van der Waals surface area (Å²) in [5.74, 6) is 1.89. The summed E-state index contributed by atoms with van der Waals surface area (Å²) < 4.78 is 0. The predicted octanol–water partition coefficient (Wildman–Crippen LogP) is 19.2. The summed E-state index contributed by atoms with van der Waals surface area (Å²) >= 11 is 0. The van der Waals surface area contributed by atoms with Crippen LogP contribution < -0.4 is 0 Å². The summed E-state index contributed by atoms with van der Waals surface area (Å²) in [6, 6.07) is 110. The Morgan fingerprint density at radius 1 is 0.183 bits per heavy atom. The average Bonchev–Trinajstić information content (AvgIpc) is 1.52. The Hall–Kier alpha value is -10.6. The number of rotatable bonds is 6. The Kier molecular flexibility index (Phi) is 10.1. The van der Waals surface area contributed by atoms with Gasteiger partial charge in [-0.15, -0.1) is 0 Å². The van der Waals surface area contributed by atoms with Gasteiger partial charge >= 0.3 is 0 Å². The van der Waals surface area contributed by atoms with E-state index in [4.69, 9.17) is 15.0 Å². The molecule has 0 fully saturated rings. The minimum Gasteiger partial charge on any atom is -0.208 e. The van der Waals surface area contributed by atoms with Gasteiger partial charge in [-0.2, -0.15) is 0 Å². The van der Waals surface area contributed by atoms with Crippen molar-refractivity contribution < 1.29 is 0 Å². The van der Waals surface area contributed by atoms with Crippen molar-refractivity contribution in [3.8, 4) is 89.8 Å². The van der Waals surface area contributed by atoms with Crippen LogP contribution in [0, 0.1) is 0 Å². The first kappa shape index (κ1) is 46.3. The summed E-state index contributed by atoms with van der Waals surface area (Å²) in [5.41, 5.74) is 24.5. The molecule has 3 aliphatic carbocycles. The first-order valence-electron chi connectivity index (χ1n) is 28.3. The lowest BCUT2D eigenvalue weighted by atomic mass is 9.52. The van der Waals surface area contributed by atoms with Crippen LogP contribution in [-0.2, 0) is 10.8 Å². The van der Waals surface area contributed by atoms with Crippen molar-refractivity contribution in [1.29, 1.82) is 0 Å². The summed E-state index contributed by atoms with van der Waals surface area (Å²) in [5, 5.41) is 4.64. The average molecular weight is 1040 g/mol. The largest absolute Gasteiger partial charge is 0.208 e. The SMILES string of the molecule is c1ccc(-c2nc(-c3ccccc3)nc(-c3ccc4c(-c5ccccc5)c5cc(-c6ccc7c(c6)C6(c8ccccc8-7)c7ccccc7C7(c8ccccc8-c8ccccc87)c7ccccc76)ccc5c(-c5ccccc5)c4c3)n2)cc1. The van der Waals surface area contributed by atoms with E-state index in [0.29, 0.717) is 17.5 Å². The molecule has 380 valence electrons. The van der Waals surface area contributed by atoms with Gasteiger partial charge in [0.05, 0.1) is 10.8 Å². The third-order valence-corrected chi connectivity index (χ3v) is 18.0. The van der Waals surface area contributed by atoms with Crippen LogP contribution in [0.3, 0.4) is 0 Å². The van der Waals surface area contributed by atoms with Gasteiger partial charge in [0.25, 0.3) is 0 Å². The van der Waals surface area contributed by atoms with Gasteiger partial charge in [-0.05, 0) is 140 Å².